The van der Waals surface area contributed by atoms with Crippen molar-refractivity contribution in [3.8, 4) is 11.5 Å². The maximum absolute atomic E-state index is 11.8. The van der Waals surface area contributed by atoms with Gasteiger partial charge in [-0.05, 0) is 61.0 Å². The van der Waals surface area contributed by atoms with Crippen LogP contribution in [0.15, 0.2) is 36.4 Å². The van der Waals surface area contributed by atoms with Crippen molar-refractivity contribution >= 4 is 11.4 Å². The highest BCUT2D eigenvalue weighted by atomic mass is 16.7. The largest absolute Gasteiger partial charge is 0.508 e. The van der Waals surface area contributed by atoms with Gasteiger partial charge in [-0.3, -0.25) is 0 Å². The molecule has 0 spiro atoms. The first kappa shape index (κ1) is 23.7. The van der Waals surface area contributed by atoms with Crippen LogP contribution in [0.3, 0.4) is 0 Å². The molecule has 0 radical (unpaired) electrons. The topological polar surface area (TPSA) is 141 Å². The molecule has 0 saturated carbocycles. The lowest BCUT2D eigenvalue weighted by atomic mass is 9.83. The lowest BCUT2D eigenvalue weighted by Gasteiger charge is -2.50. The fourth-order valence-corrected chi connectivity index (χ4v) is 4.60. The minimum absolute atomic E-state index is 0.139. The van der Waals surface area contributed by atoms with Gasteiger partial charge in [-0.1, -0.05) is 0 Å². The Morgan fingerprint density at radius 2 is 1.97 bits per heavy atom. The molecule has 34 heavy (non-hydrogen) atoms. The first-order chi connectivity index (χ1) is 16.2. The van der Waals surface area contributed by atoms with E-state index in [1.54, 1.807) is 50.4 Å². The van der Waals surface area contributed by atoms with Crippen LogP contribution in [0.4, 0.5) is 11.4 Å². The van der Waals surface area contributed by atoms with Crippen LogP contribution in [0, 0.1) is 6.92 Å². The molecular formula is C23H30N6O5. The van der Waals surface area contributed by atoms with Crippen molar-refractivity contribution in [1.29, 1.82) is 0 Å². The number of hydrogen-bond acceptors (Lipinski definition) is 10. The number of methoxy groups -OCH3 is 2. The highest BCUT2D eigenvalue weighted by Gasteiger charge is 2.54. The summed E-state index contributed by atoms with van der Waals surface area (Å²) in [5.74, 6) is 1.13. The molecule has 0 aliphatic carbocycles. The number of nitrogens with two attached hydrogens (primary N) is 1. The highest BCUT2D eigenvalue weighted by Crippen LogP contribution is 2.47. The lowest BCUT2D eigenvalue weighted by Crippen LogP contribution is -2.62. The van der Waals surface area contributed by atoms with Crippen molar-refractivity contribution in [2.24, 2.45) is 7.05 Å². The minimum Gasteiger partial charge on any atom is -0.508 e. The highest BCUT2D eigenvalue weighted by molar-refractivity contribution is 5.60. The molecule has 2 heterocycles. The summed E-state index contributed by atoms with van der Waals surface area (Å²) in [6, 6.07) is 9.68. The molecule has 3 atom stereocenters. The molecule has 1 aromatic heterocycles. The predicted octanol–water partition coefficient (Wildman–Crippen LogP) is 1.69. The summed E-state index contributed by atoms with van der Waals surface area (Å²) < 4.78 is 17.3. The Morgan fingerprint density at radius 3 is 2.59 bits per heavy atom. The molecular weight excluding hydrogens is 440 g/mol. The molecule has 11 heteroatoms. The van der Waals surface area contributed by atoms with E-state index in [9.17, 15) is 10.2 Å². The number of phenols is 1. The molecule has 4 N–H and O–H groups in total. The summed E-state index contributed by atoms with van der Waals surface area (Å²) in [7, 11) is 4.67. The number of anilines is 2. The average molecular weight is 471 g/mol. The number of aliphatic hydroxyl groups excluding tert-OH is 1. The molecule has 4 rings (SSSR count). The second kappa shape index (κ2) is 9.09. The van der Waals surface area contributed by atoms with Gasteiger partial charge in [0.15, 0.2) is 17.7 Å². The van der Waals surface area contributed by atoms with Crippen LogP contribution in [0.5, 0.6) is 11.5 Å². The number of ether oxygens (including phenoxy) is 3. The smallest absolute Gasteiger partial charge is 0.199 e. The van der Waals surface area contributed by atoms with Gasteiger partial charge in [0.25, 0.3) is 0 Å². The fraction of sp³-hybridized carbons (Fsp3) is 0.435. The molecule has 2 aromatic carbocycles. The van der Waals surface area contributed by atoms with E-state index in [0.29, 0.717) is 22.8 Å². The van der Waals surface area contributed by atoms with Crippen LogP contribution in [-0.4, -0.2) is 62.6 Å². The Balaban J connectivity index is 1.92. The van der Waals surface area contributed by atoms with Gasteiger partial charge in [0.2, 0.25) is 0 Å². The number of aromatic nitrogens is 4. The Morgan fingerprint density at radius 1 is 1.24 bits per heavy atom. The van der Waals surface area contributed by atoms with Gasteiger partial charge in [-0.25, -0.2) is 0 Å². The summed E-state index contributed by atoms with van der Waals surface area (Å²) in [5, 5.41) is 34.3. The van der Waals surface area contributed by atoms with E-state index in [2.05, 4.69) is 15.4 Å². The van der Waals surface area contributed by atoms with E-state index in [-0.39, 0.29) is 12.3 Å². The zero-order valence-corrected chi connectivity index (χ0v) is 19.8. The number of tetrazole rings is 1. The van der Waals surface area contributed by atoms with E-state index in [1.165, 1.54) is 19.0 Å². The quantitative estimate of drug-likeness (QED) is 0.345. The summed E-state index contributed by atoms with van der Waals surface area (Å²) in [5.41, 5.74) is 7.64. The van der Waals surface area contributed by atoms with Crippen LogP contribution in [0.25, 0.3) is 0 Å². The van der Waals surface area contributed by atoms with E-state index < -0.39 is 24.0 Å². The Labute approximate surface area is 197 Å². The Bertz CT molecular complexity index is 1170. The maximum atomic E-state index is 11.8. The van der Waals surface area contributed by atoms with E-state index >= 15 is 0 Å². The third-order valence-electron chi connectivity index (χ3n) is 6.15. The fourth-order valence-electron chi connectivity index (χ4n) is 4.60. The summed E-state index contributed by atoms with van der Waals surface area (Å²) in [4.78, 5) is 3.33. The number of phenolic OH excluding ortho intramolecular Hbond substituents is 1. The molecule has 0 bridgehead atoms. The third-order valence-corrected chi connectivity index (χ3v) is 6.15. The third kappa shape index (κ3) is 4.13. The van der Waals surface area contributed by atoms with Gasteiger partial charge in [0.1, 0.15) is 17.6 Å². The molecule has 0 amide bonds. The second-order valence-electron chi connectivity index (χ2n) is 8.57. The van der Waals surface area contributed by atoms with E-state index in [1.807, 2.05) is 11.8 Å². The van der Waals surface area contributed by atoms with Crippen LogP contribution >= 0.6 is 0 Å². The van der Waals surface area contributed by atoms with Gasteiger partial charge in [-0.15, -0.1) is 10.2 Å². The van der Waals surface area contributed by atoms with Gasteiger partial charge in [0.05, 0.1) is 19.6 Å². The number of nitrogen functional groups attached to an aromatic ring is 1. The molecule has 1 aliphatic heterocycles. The predicted molar refractivity (Wildman–Crippen MR) is 124 cm³/mol. The standard InChI is InChI=1S/C23H30N6O5/c1-13-10-15(30)7-8-17(13)29(12-19-25-27-28(3)26-19)20-16-11-14(24)6-9-18(16)34-23(2,21(20)31)22(32-4)33-5/h6-11,20-22,30-31H,12,24H2,1-5H3/t20-,21+,23-/m0/s1. The normalized spacial score (nSPS) is 21.9. The number of fused-ring (bicyclic) bond motifs is 1. The summed E-state index contributed by atoms with van der Waals surface area (Å²) >= 11 is 0. The summed E-state index contributed by atoms with van der Waals surface area (Å²) in [6.07, 6.45) is -2.00. The van der Waals surface area contributed by atoms with E-state index in [4.69, 9.17) is 19.9 Å². The number of hydrogen-bond donors (Lipinski definition) is 3. The van der Waals surface area contributed by atoms with Crippen molar-refractivity contribution in [3.05, 3.63) is 53.3 Å². The number of nitrogens with zero attached hydrogens (tertiary/aromatic N) is 5. The molecule has 0 fully saturated rings. The van der Waals surface area contributed by atoms with Gasteiger partial charge in [0, 0.05) is 31.2 Å². The van der Waals surface area contributed by atoms with Crippen LogP contribution in [0.2, 0.25) is 0 Å². The lowest BCUT2D eigenvalue weighted by molar-refractivity contribution is -0.237. The number of aromatic hydroxyl groups is 1. The van der Waals surface area contributed by atoms with Crippen molar-refractivity contribution < 1.29 is 24.4 Å². The first-order valence-electron chi connectivity index (χ1n) is 10.8. The Hall–Kier alpha value is -3.41. The maximum Gasteiger partial charge on any atom is 0.199 e. The van der Waals surface area contributed by atoms with Crippen molar-refractivity contribution in [1.82, 2.24) is 20.2 Å². The zero-order chi connectivity index (χ0) is 24.6. The van der Waals surface area contributed by atoms with Gasteiger partial charge in [-0.2, -0.15) is 4.80 Å². The molecule has 0 saturated heterocycles. The monoisotopic (exact) mass is 470 g/mol. The Kier molecular flexibility index (Phi) is 6.34. The zero-order valence-electron chi connectivity index (χ0n) is 19.8. The molecule has 182 valence electrons. The molecule has 3 aromatic rings. The first-order valence-corrected chi connectivity index (χ1v) is 10.8. The van der Waals surface area contributed by atoms with Crippen LogP contribution in [0.1, 0.15) is 29.9 Å². The molecule has 1 aliphatic rings. The number of rotatable bonds is 7. The van der Waals surface area contributed by atoms with Gasteiger partial charge < -0.3 is 35.1 Å². The average Bonchev–Trinajstić information content (AvgIpc) is 3.20. The minimum atomic E-state index is -1.27. The molecule has 11 nitrogen and oxygen atoms in total. The number of aryl methyl sites for hydroxylation is 2. The van der Waals surface area contributed by atoms with Crippen molar-refractivity contribution in [3.63, 3.8) is 0 Å². The van der Waals surface area contributed by atoms with E-state index in [0.717, 1.165) is 11.3 Å². The van der Waals surface area contributed by atoms with Crippen molar-refractivity contribution in [2.45, 2.75) is 44.4 Å². The van der Waals surface area contributed by atoms with Crippen LogP contribution < -0.4 is 15.4 Å². The number of aliphatic hydroxyl groups is 1. The SMILES string of the molecule is COC(OC)[C@@]1(C)Oc2ccc(N)cc2[C@H](N(Cc2nnn(C)n2)c2ccc(O)cc2C)[C@H]1O. The number of benzene rings is 2. The van der Waals surface area contributed by atoms with Gasteiger partial charge >= 0.3 is 0 Å². The second-order valence-corrected chi connectivity index (χ2v) is 8.57. The molecule has 0 unspecified atom stereocenters. The van der Waals surface area contributed by atoms with Crippen LogP contribution in [-0.2, 0) is 23.1 Å². The summed E-state index contributed by atoms with van der Waals surface area (Å²) in [6.45, 7) is 3.84. The van der Waals surface area contributed by atoms with Crippen molar-refractivity contribution in [2.75, 3.05) is 24.9 Å².